The quantitative estimate of drug-likeness (QED) is 0.500. The average molecular weight is 407 g/mol. The second-order valence-corrected chi connectivity index (χ2v) is 7.08. The van der Waals surface area contributed by atoms with Crippen LogP contribution in [0.15, 0.2) is 73.1 Å². The highest BCUT2D eigenvalue weighted by Gasteiger charge is 2.42. The first-order valence-corrected chi connectivity index (χ1v) is 9.96. The monoisotopic (exact) mass is 406 g/mol. The number of benzene rings is 1. The van der Waals surface area contributed by atoms with Crippen LogP contribution < -0.4 is 5.32 Å². The highest BCUT2D eigenvalue weighted by atomic mass is 32.1. The summed E-state index contributed by atoms with van der Waals surface area (Å²) in [5, 5.41) is 3.87. The zero-order valence-electron chi connectivity index (χ0n) is 16.1. The summed E-state index contributed by atoms with van der Waals surface area (Å²) in [6.45, 7) is 2.21. The summed E-state index contributed by atoms with van der Waals surface area (Å²) in [7, 11) is 0. The Morgan fingerprint density at radius 3 is 2.66 bits per heavy atom. The smallest absolute Gasteiger partial charge is 0.325 e. The minimum absolute atomic E-state index is 0.0770. The zero-order valence-corrected chi connectivity index (χ0v) is 16.9. The molecule has 29 heavy (non-hydrogen) atoms. The van der Waals surface area contributed by atoms with Gasteiger partial charge in [-0.15, -0.1) is 0 Å². The van der Waals surface area contributed by atoms with Crippen molar-refractivity contribution in [2.24, 2.45) is 0 Å². The number of aromatic nitrogens is 2. The van der Waals surface area contributed by atoms with Crippen LogP contribution in [-0.4, -0.2) is 38.7 Å². The molecule has 4 rings (SSSR count). The van der Waals surface area contributed by atoms with E-state index in [-0.39, 0.29) is 24.6 Å². The van der Waals surface area contributed by atoms with Gasteiger partial charge in [0, 0.05) is 23.8 Å². The van der Waals surface area contributed by atoms with Crippen LogP contribution in [0.5, 0.6) is 0 Å². The summed E-state index contributed by atoms with van der Waals surface area (Å²) in [6.07, 6.45) is 3.78. The van der Waals surface area contributed by atoms with Crippen molar-refractivity contribution in [3.63, 3.8) is 0 Å². The Kier molecular flexibility index (Phi) is 5.57. The van der Waals surface area contributed by atoms with Gasteiger partial charge in [0.25, 0.3) is 0 Å². The molecule has 2 aromatic heterocycles. The molecule has 3 aromatic rings. The molecule has 0 radical (unpaired) electrons. The van der Waals surface area contributed by atoms with Crippen molar-refractivity contribution in [2.45, 2.75) is 19.0 Å². The third-order valence-corrected chi connectivity index (χ3v) is 5.27. The van der Waals surface area contributed by atoms with E-state index in [2.05, 4.69) is 33.1 Å². The number of hydrogen-bond acceptors (Lipinski definition) is 4. The van der Waals surface area contributed by atoms with E-state index in [1.807, 2.05) is 53.6 Å². The standard InChI is InChI=1S/C22H22N4O2S/c1-2-28-19(27)15-26-21(20(24-22(26)29)17-11-6-7-13-23-17)18-12-8-14-25(18)16-9-4-3-5-10-16/h3-14,20-21H,2,15H2,1H3,(H,24,29)/t20-,21+/m1/s1. The first-order chi connectivity index (χ1) is 14.2. The fourth-order valence-electron chi connectivity index (χ4n) is 3.70. The van der Waals surface area contributed by atoms with Gasteiger partial charge in [0.15, 0.2) is 5.11 Å². The second-order valence-electron chi connectivity index (χ2n) is 6.70. The highest BCUT2D eigenvalue weighted by Crippen LogP contribution is 2.39. The van der Waals surface area contributed by atoms with Gasteiger partial charge in [-0.05, 0) is 55.5 Å². The first-order valence-electron chi connectivity index (χ1n) is 9.55. The maximum Gasteiger partial charge on any atom is 0.325 e. The third-order valence-electron chi connectivity index (χ3n) is 4.92. The van der Waals surface area contributed by atoms with E-state index >= 15 is 0 Å². The number of rotatable bonds is 6. The molecule has 0 saturated carbocycles. The minimum atomic E-state index is -0.305. The Bertz CT molecular complexity index is 990. The molecule has 0 aliphatic carbocycles. The number of hydrogen-bond donors (Lipinski definition) is 1. The van der Waals surface area contributed by atoms with Crippen molar-refractivity contribution in [3.05, 3.63) is 84.4 Å². The Labute approximate surface area is 175 Å². The molecule has 148 valence electrons. The number of carbonyl (C=O) groups is 1. The summed E-state index contributed by atoms with van der Waals surface area (Å²) in [5.74, 6) is -0.305. The van der Waals surface area contributed by atoms with Gasteiger partial charge in [-0.3, -0.25) is 9.78 Å². The molecule has 3 heterocycles. The maximum atomic E-state index is 12.3. The van der Waals surface area contributed by atoms with Crippen LogP contribution in [0, 0.1) is 0 Å². The molecule has 2 atom stereocenters. The Morgan fingerprint density at radius 2 is 1.93 bits per heavy atom. The molecule has 1 aliphatic rings. The van der Waals surface area contributed by atoms with Crippen LogP contribution in [-0.2, 0) is 9.53 Å². The molecule has 7 heteroatoms. The van der Waals surface area contributed by atoms with Gasteiger partial charge in [-0.2, -0.15) is 0 Å². The molecule has 1 aliphatic heterocycles. The predicted molar refractivity (Wildman–Crippen MR) is 115 cm³/mol. The van der Waals surface area contributed by atoms with Gasteiger partial charge in [-0.1, -0.05) is 24.3 Å². The van der Waals surface area contributed by atoms with Gasteiger partial charge in [0.1, 0.15) is 6.54 Å². The first kappa shape index (κ1) is 19.1. The molecule has 1 saturated heterocycles. The third kappa shape index (κ3) is 3.86. The lowest BCUT2D eigenvalue weighted by Crippen LogP contribution is -2.36. The Balaban J connectivity index is 1.77. The molecule has 6 nitrogen and oxygen atoms in total. The lowest BCUT2D eigenvalue weighted by Gasteiger charge is -2.28. The lowest BCUT2D eigenvalue weighted by atomic mass is 10.0. The number of ether oxygens (including phenoxy) is 1. The Hall–Kier alpha value is -3.19. The SMILES string of the molecule is CCOC(=O)CN1C(=S)N[C@H](c2ccccn2)[C@@H]1c1cccn1-c1ccccc1. The van der Waals surface area contributed by atoms with Crippen molar-refractivity contribution in [1.29, 1.82) is 0 Å². The van der Waals surface area contributed by atoms with Gasteiger partial charge >= 0.3 is 5.97 Å². The summed E-state index contributed by atoms with van der Waals surface area (Å²) in [6, 6.07) is 19.6. The van der Waals surface area contributed by atoms with Gasteiger partial charge in [-0.25, -0.2) is 0 Å². The van der Waals surface area contributed by atoms with Gasteiger partial charge < -0.3 is 19.5 Å². The predicted octanol–water partition coefficient (Wildman–Crippen LogP) is 3.41. The van der Waals surface area contributed by atoms with E-state index in [1.54, 1.807) is 13.1 Å². The van der Waals surface area contributed by atoms with Crippen molar-refractivity contribution in [2.75, 3.05) is 13.2 Å². The largest absolute Gasteiger partial charge is 0.465 e. The summed E-state index contributed by atoms with van der Waals surface area (Å²) < 4.78 is 7.30. The van der Waals surface area contributed by atoms with Crippen molar-refractivity contribution < 1.29 is 9.53 Å². The van der Waals surface area contributed by atoms with Gasteiger partial charge in [0.05, 0.1) is 24.4 Å². The normalized spacial score (nSPS) is 18.5. The van der Waals surface area contributed by atoms with E-state index in [0.29, 0.717) is 11.7 Å². The van der Waals surface area contributed by atoms with Crippen LogP contribution >= 0.6 is 12.2 Å². The molecule has 0 bridgehead atoms. The second kappa shape index (κ2) is 8.45. The lowest BCUT2D eigenvalue weighted by molar-refractivity contribution is -0.143. The Morgan fingerprint density at radius 1 is 1.14 bits per heavy atom. The van der Waals surface area contributed by atoms with E-state index in [0.717, 1.165) is 17.1 Å². The van der Waals surface area contributed by atoms with Crippen molar-refractivity contribution in [3.8, 4) is 5.69 Å². The highest BCUT2D eigenvalue weighted by molar-refractivity contribution is 7.80. The van der Waals surface area contributed by atoms with Crippen LogP contribution in [0.3, 0.4) is 0 Å². The number of nitrogens with one attached hydrogen (secondary N) is 1. The van der Waals surface area contributed by atoms with Crippen LogP contribution in [0.2, 0.25) is 0 Å². The molecular weight excluding hydrogens is 384 g/mol. The molecule has 1 aromatic carbocycles. The number of para-hydroxylation sites is 1. The molecule has 1 N–H and O–H groups in total. The number of nitrogens with zero attached hydrogens (tertiary/aromatic N) is 3. The summed E-state index contributed by atoms with van der Waals surface area (Å²) in [5.41, 5.74) is 2.93. The average Bonchev–Trinajstić information content (AvgIpc) is 3.34. The fraction of sp³-hybridized carbons (Fsp3) is 0.227. The molecule has 0 spiro atoms. The molecular formula is C22H22N4O2S. The van der Waals surface area contributed by atoms with Crippen molar-refractivity contribution >= 4 is 23.3 Å². The van der Waals surface area contributed by atoms with E-state index in [9.17, 15) is 4.79 Å². The maximum absolute atomic E-state index is 12.3. The summed E-state index contributed by atoms with van der Waals surface area (Å²) in [4.78, 5) is 18.7. The van der Waals surface area contributed by atoms with Crippen LogP contribution in [0.1, 0.15) is 30.4 Å². The van der Waals surface area contributed by atoms with E-state index in [1.165, 1.54) is 0 Å². The number of pyridine rings is 1. The topological polar surface area (TPSA) is 59.4 Å². The van der Waals surface area contributed by atoms with E-state index in [4.69, 9.17) is 17.0 Å². The molecule has 0 unspecified atom stereocenters. The van der Waals surface area contributed by atoms with Crippen LogP contribution in [0.25, 0.3) is 5.69 Å². The van der Waals surface area contributed by atoms with Crippen LogP contribution in [0.4, 0.5) is 0 Å². The van der Waals surface area contributed by atoms with E-state index < -0.39 is 0 Å². The molecule has 1 fully saturated rings. The fourth-order valence-corrected chi connectivity index (χ4v) is 4.01. The van der Waals surface area contributed by atoms with Gasteiger partial charge in [0.2, 0.25) is 0 Å². The number of esters is 1. The number of thiocarbonyl (C=S) groups is 1. The summed E-state index contributed by atoms with van der Waals surface area (Å²) >= 11 is 5.60. The molecule has 0 amide bonds. The van der Waals surface area contributed by atoms with Crippen molar-refractivity contribution in [1.82, 2.24) is 19.8 Å². The minimum Gasteiger partial charge on any atom is -0.465 e. The number of carbonyl (C=O) groups excluding carboxylic acids is 1. The zero-order chi connectivity index (χ0) is 20.2.